The van der Waals surface area contributed by atoms with Gasteiger partial charge in [0.2, 0.25) is 5.76 Å². The Hall–Kier alpha value is -4.19. The largest absolute Gasteiger partial charge is 0.350 e. The first-order valence-corrected chi connectivity index (χ1v) is 9.59. The van der Waals surface area contributed by atoms with Crippen LogP contribution in [0, 0.1) is 0 Å². The molecule has 0 saturated heterocycles. The molecule has 30 heavy (non-hydrogen) atoms. The third kappa shape index (κ3) is 3.46. The molecular formula is C24H18N4O2. The first-order chi connectivity index (χ1) is 14.8. The minimum atomic E-state index is -0.350. The molecule has 1 atom stereocenters. The van der Waals surface area contributed by atoms with E-state index in [4.69, 9.17) is 4.52 Å². The maximum absolute atomic E-state index is 13.0. The average molecular weight is 394 g/mol. The summed E-state index contributed by atoms with van der Waals surface area (Å²) in [6.45, 7) is 0. The summed E-state index contributed by atoms with van der Waals surface area (Å²) in [6, 6.07) is 26.6. The molecule has 6 heteroatoms. The maximum Gasteiger partial charge on any atom is 0.290 e. The van der Waals surface area contributed by atoms with E-state index in [1.807, 2.05) is 78.9 Å². The van der Waals surface area contributed by atoms with Crippen LogP contribution in [0.15, 0.2) is 95.8 Å². The van der Waals surface area contributed by atoms with Crippen molar-refractivity contribution in [1.29, 1.82) is 0 Å². The summed E-state index contributed by atoms with van der Waals surface area (Å²) in [6.07, 6.45) is 1.66. The smallest absolute Gasteiger partial charge is 0.290 e. The van der Waals surface area contributed by atoms with Crippen LogP contribution in [0.3, 0.4) is 0 Å². The number of rotatable bonds is 5. The standard InChI is InChI=1S/C24H18N4O2/c29-24(22-14-20(28-30-22)16-7-3-1-4-8-16)27-23(17-9-5-2-6-10-17)18-11-12-19-21(13-18)26-15-25-19/h1-15,23H,(H,25,26)(H,27,29). The summed E-state index contributed by atoms with van der Waals surface area (Å²) in [5, 5.41) is 7.13. The number of hydrogen-bond donors (Lipinski definition) is 2. The van der Waals surface area contributed by atoms with Gasteiger partial charge in [-0.25, -0.2) is 4.98 Å². The monoisotopic (exact) mass is 394 g/mol. The Labute approximate surface area is 172 Å². The fourth-order valence-electron chi connectivity index (χ4n) is 3.47. The quantitative estimate of drug-likeness (QED) is 0.451. The second kappa shape index (κ2) is 7.67. The number of carbonyl (C=O) groups excluding carboxylic acids is 1. The van der Waals surface area contributed by atoms with Gasteiger partial charge in [-0.3, -0.25) is 4.79 Å². The highest BCUT2D eigenvalue weighted by molar-refractivity contribution is 5.93. The van der Waals surface area contributed by atoms with Crippen molar-refractivity contribution in [2.75, 3.05) is 0 Å². The van der Waals surface area contributed by atoms with Crippen LogP contribution >= 0.6 is 0 Å². The zero-order chi connectivity index (χ0) is 20.3. The Kier molecular flexibility index (Phi) is 4.57. The van der Waals surface area contributed by atoms with Gasteiger partial charge < -0.3 is 14.8 Å². The van der Waals surface area contributed by atoms with E-state index in [0.717, 1.165) is 27.7 Å². The van der Waals surface area contributed by atoms with Gasteiger partial charge in [0.15, 0.2) is 0 Å². The van der Waals surface area contributed by atoms with Gasteiger partial charge >= 0.3 is 0 Å². The summed E-state index contributed by atoms with van der Waals surface area (Å²) in [5.74, 6) is -0.166. The van der Waals surface area contributed by atoms with Gasteiger partial charge in [0, 0.05) is 11.6 Å². The number of fused-ring (bicyclic) bond motifs is 1. The van der Waals surface area contributed by atoms with E-state index in [-0.39, 0.29) is 17.7 Å². The molecule has 0 radical (unpaired) electrons. The van der Waals surface area contributed by atoms with Crippen LogP contribution in [0.5, 0.6) is 0 Å². The van der Waals surface area contributed by atoms with Crippen LogP contribution in [0.4, 0.5) is 0 Å². The minimum Gasteiger partial charge on any atom is -0.350 e. The lowest BCUT2D eigenvalue weighted by molar-refractivity contribution is 0.0906. The second-order valence-electron chi connectivity index (χ2n) is 6.94. The highest BCUT2D eigenvalue weighted by Gasteiger charge is 2.21. The van der Waals surface area contributed by atoms with Crippen molar-refractivity contribution in [3.63, 3.8) is 0 Å². The molecule has 2 heterocycles. The fraction of sp³-hybridized carbons (Fsp3) is 0.0417. The Bertz CT molecular complexity index is 1290. The molecule has 1 amide bonds. The Balaban J connectivity index is 1.46. The highest BCUT2D eigenvalue weighted by Crippen LogP contribution is 2.26. The topological polar surface area (TPSA) is 83.8 Å². The second-order valence-corrected chi connectivity index (χ2v) is 6.94. The molecule has 5 rings (SSSR count). The number of carbonyl (C=O) groups is 1. The fourth-order valence-corrected chi connectivity index (χ4v) is 3.47. The van der Waals surface area contributed by atoms with Crippen LogP contribution in [-0.4, -0.2) is 21.0 Å². The van der Waals surface area contributed by atoms with E-state index >= 15 is 0 Å². The predicted octanol–water partition coefficient (Wildman–Crippen LogP) is 4.74. The number of H-pyrrole nitrogens is 1. The number of aromatic nitrogens is 3. The van der Waals surface area contributed by atoms with Crippen molar-refractivity contribution in [2.45, 2.75) is 6.04 Å². The molecule has 0 aliphatic rings. The number of nitrogens with one attached hydrogen (secondary N) is 2. The Morgan fingerprint density at radius 2 is 1.67 bits per heavy atom. The molecule has 0 saturated carbocycles. The molecule has 2 aromatic heterocycles. The summed E-state index contributed by atoms with van der Waals surface area (Å²) in [5.41, 5.74) is 5.20. The lowest BCUT2D eigenvalue weighted by atomic mass is 9.98. The van der Waals surface area contributed by atoms with Gasteiger partial charge in [0.25, 0.3) is 5.91 Å². The zero-order valence-corrected chi connectivity index (χ0v) is 15.9. The third-order valence-corrected chi connectivity index (χ3v) is 4.99. The summed E-state index contributed by atoms with van der Waals surface area (Å²) >= 11 is 0. The van der Waals surface area contributed by atoms with Crippen molar-refractivity contribution in [3.05, 3.63) is 108 Å². The normalized spacial score (nSPS) is 12.0. The van der Waals surface area contributed by atoms with Crippen LogP contribution < -0.4 is 5.32 Å². The van der Waals surface area contributed by atoms with Gasteiger partial charge in [-0.15, -0.1) is 0 Å². The van der Waals surface area contributed by atoms with Crippen LogP contribution in [0.1, 0.15) is 27.7 Å². The number of amides is 1. The molecule has 6 nitrogen and oxygen atoms in total. The van der Waals surface area contributed by atoms with Crippen molar-refractivity contribution in [1.82, 2.24) is 20.4 Å². The molecule has 2 N–H and O–H groups in total. The summed E-state index contributed by atoms with van der Waals surface area (Å²) in [4.78, 5) is 20.4. The number of nitrogens with zero attached hydrogens (tertiary/aromatic N) is 2. The first-order valence-electron chi connectivity index (χ1n) is 9.59. The molecule has 3 aromatic carbocycles. The molecule has 0 fully saturated rings. The van der Waals surface area contributed by atoms with Crippen LogP contribution in [0.25, 0.3) is 22.3 Å². The van der Waals surface area contributed by atoms with Crippen LogP contribution in [0.2, 0.25) is 0 Å². The lowest BCUT2D eigenvalue weighted by Crippen LogP contribution is -2.29. The predicted molar refractivity (Wildman–Crippen MR) is 114 cm³/mol. The molecular weight excluding hydrogens is 376 g/mol. The van der Waals surface area contributed by atoms with Gasteiger partial charge in [-0.05, 0) is 23.3 Å². The number of imidazole rings is 1. The Morgan fingerprint density at radius 3 is 2.47 bits per heavy atom. The maximum atomic E-state index is 13.0. The van der Waals surface area contributed by atoms with E-state index in [9.17, 15) is 4.79 Å². The van der Waals surface area contributed by atoms with Crippen molar-refractivity contribution in [2.24, 2.45) is 0 Å². The zero-order valence-electron chi connectivity index (χ0n) is 15.9. The van der Waals surface area contributed by atoms with Gasteiger partial charge in [-0.1, -0.05) is 71.9 Å². The summed E-state index contributed by atoms with van der Waals surface area (Å²) in [7, 11) is 0. The number of benzene rings is 3. The van der Waals surface area contributed by atoms with Crippen molar-refractivity contribution in [3.8, 4) is 11.3 Å². The van der Waals surface area contributed by atoms with Crippen molar-refractivity contribution >= 4 is 16.9 Å². The van der Waals surface area contributed by atoms with Crippen molar-refractivity contribution < 1.29 is 9.32 Å². The molecule has 0 aliphatic heterocycles. The van der Waals surface area contributed by atoms with Gasteiger partial charge in [0.1, 0.15) is 5.69 Å². The average Bonchev–Trinajstić information content (AvgIpc) is 3.48. The minimum absolute atomic E-state index is 0.164. The molecule has 1 unspecified atom stereocenters. The van der Waals surface area contributed by atoms with E-state index < -0.39 is 0 Å². The molecule has 0 aliphatic carbocycles. The molecule has 0 spiro atoms. The van der Waals surface area contributed by atoms with Gasteiger partial charge in [-0.2, -0.15) is 0 Å². The molecule has 146 valence electrons. The third-order valence-electron chi connectivity index (χ3n) is 4.99. The lowest BCUT2D eigenvalue weighted by Gasteiger charge is -2.19. The molecule has 5 aromatic rings. The SMILES string of the molecule is O=C(NC(c1ccccc1)c1ccc2nc[nH]c2c1)c1cc(-c2ccccc2)no1. The number of hydrogen-bond acceptors (Lipinski definition) is 4. The number of aromatic amines is 1. The van der Waals surface area contributed by atoms with E-state index in [1.54, 1.807) is 12.4 Å². The van der Waals surface area contributed by atoms with Gasteiger partial charge in [0.05, 0.1) is 23.4 Å². The Morgan fingerprint density at radius 1 is 0.900 bits per heavy atom. The van der Waals surface area contributed by atoms with E-state index in [2.05, 4.69) is 20.4 Å². The van der Waals surface area contributed by atoms with E-state index in [1.165, 1.54) is 0 Å². The summed E-state index contributed by atoms with van der Waals surface area (Å²) < 4.78 is 5.33. The molecule has 0 bridgehead atoms. The highest BCUT2D eigenvalue weighted by atomic mass is 16.5. The first kappa shape index (κ1) is 17.9. The van der Waals surface area contributed by atoms with Crippen LogP contribution in [-0.2, 0) is 0 Å². The van der Waals surface area contributed by atoms with E-state index in [0.29, 0.717) is 5.69 Å².